The van der Waals surface area contributed by atoms with Gasteiger partial charge in [-0.3, -0.25) is 14.7 Å². The van der Waals surface area contributed by atoms with E-state index in [1.54, 1.807) is 12.3 Å². The third-order valence-corrected chi connectivity index (χ3v) is 6.32. The Balaban J connectivity index is 1.42. The van der Waals surface area contributed by atoms with Crippen LogP contribution in [0.2, 0.25) is 0 Å². The van der Waals surface area contributed by atoms with Gasteiger partial charge in [0.2, 0.25) is 0 Å². The number of piperidine rings is 1. The summed E-state index contributed by atoms with van der Waals surface area (Å²) in [5.41, 5.74) is 7.49. The number of carbonyl (C=O) groups is 1. The lowest BCUT2D eigenvalue weighted by atomic mass is 10.1. The molecule has 4 rings (SSSR count). The molecule has 7 heteroatoms. The van der Waals surface area contributed by atoms with E-state index in [-0.39, 0.29) is 30.5 Å². The second-order valence-electron chi connectivity index (χ2n) is 6.79. The summed E-state index contributed by atoms with van der Waals surface area (Å²) in [5.74, 6) is 0.267. The molecule has 1 amide bonds. The lowest BCUT2D eigenvalue weighted by Gasteiger charge is -2.27. The molecule has 25 heavy (non-hydrogen) atoms. The lowest BCUT2D eigenvalue weighted by Crippen LogP contribution is -2.48. The average molecular weight is 361 g/mol. The molecule has 0 radical (unpaired) electrons. The highest BCUT2D eigenvalue weighted by Gasteiger charge is 2.72. The number of nitrogens with two attached hydrogens (primary N) is 1. The number of halogens is 1. The maximum Gasteiger partial charge on any atom is 0.253 e. The van der Waals surface area contributed by atoms with Crippen molar-refractivity contribution in [1.29, 1.82) is 0 Å². The molecule has 6 nitrogen and oxygen atoms in total. The number of nitrogens with zero attached hydrogens (tertiary/aromatic N) is 2. The maximum absolute atomic E-state index is 12.6. The molecule has 132 valence electrons. The molecule has 1 saturated carbocycles. The number of benzene rings is 1. The minimum Gasteiger partial charge on any atom is -0.395 e. The van der Waals surface area contributed by atoms with Crippen molar-refractivity contribution in [3.63, 3.8) is 0 Å². The molecule has 2 aromatic rings. The predicted molar refractivity (Wildman–Crippen MR) is 96.3 cm³/mol. The smallest absolute Gasteiger partial charge is 0.253 e. The van der Waals surface area contributed by atoms with E-state index in [1.165, 1.54) is 0 Å². The number of para-hydroxylation sites is 1. The third kappa shape index (κ3) is 2.60. The van der Waals surface area contributed by atoms with Crippen LogP contribution >= 0.6 is 11.6 Å². The molecule has 4 unspecified atom stereocenters. The summed E-state index contributed by atoms with van der Waals surface area (Å²) >= 11 is 6.70. The number of β-amino-alcohol motifs (C(OH)–C–C–N with tert-alkyl or cyclic N) is 1. The van der Waals surface area contributed by atoms with E-state index in [9.17, 15) is 4.79 Å². The number of amides is 1. The zero-order valence-electron chi connectivity index (χ0n) is 13.7. The number of aliphatic hydroxyl groups excluding tert-OH is 1. The highest BCUT2D eigenvalue weighted by atomic mass is 35.5. The fourth-order valence-corrected chi connectivity index (χ4v) is 4.64. The first-order valence-electron chi connectivity index (χ1n) is 8.48. The minimum atomic E-state index is -0.501. The second-order valence-corrected chi connectivity index (χ2v) is 7.45. The summed E-state index contributed by atoms with van der Waals surface area (Å²) in [6.07, 6.45) is 1.40. The molecule has 1 aromatic heterocycles. The van der Waals surface area contributed by atoms with Gasteiger partial charge < -0.3 is 16.2 Å². The van der Waals surface area contributed by atoms with Crippen LogP contribution in [0.25, 0.3) is 10.9 Å². The molecule has 0 bridgehead atoms. The van der Waals surface area contributed by atoms with E-state index in [0.717, 1.165) is 11.9 Å². The van der Waals surface area contributed by atoms with Crippen molar-refractivity contribution in [3.05, 3.63) is 42.1 Å². The van der Waals surface area contributed by atoms with Crippen LogP contribution in [0.3, 0.4) is 0 Å². The number of likely N-dealkylation sites (tertiary alicyclic amines) is 1. The second kappa shape index (κ2) is 6.21. The summed E-state index contributed by atoms with van der Waals surface area (Å²) in [5, 5.41) is 13.0. The van der Waals surface area contributed by atoms with E-state index < -0.39 is 4.87 Å². The number of aliphatic hydroxyl groups is 1. The number of alkyl halides is 1. The standard InChI is InChI=1S/C18H21ClN4O2/c19-18-13(14(18)10-23(7-8-24)17(18)20)9-22-16(25)12-5-1-3-11-4-2-6-21-15(11)12/h1-6,13-14,17,24H,7-10,20H2,(H,22,25). The molecule has 2 aliphatic rings. The summed E-state index contributed by atoms with van der Waals surface area (Å²) in [4.78, 5) is 18.4. The van der Waals surface area contributed by atoms with Gasteiger partial charge in [-0.2, -0.15) is 0 Å². The quantitative estimate of drug-likeness (QED) is 0.685. The van der Waals surface area contributed by atoms with Crippen molar-refractivity contribution in [1.82, 2.24) is 15.2 Å². The number of nitrogens with one attached hydrogen (secondary N) is 1. The Kier molecular flexibility index (Phi) is 4.16. The fourth-order valence-electron chi connectivity index (χ4n) is 4.12. The van der Waals surface area contributed by atoms with Gasteiger partial charge in [-0.15, -0.1) is 11.6 Å². The van der Waals surface area contributed by atoms with E-state index >= 15 is 0 Å². The molecular formula is C18H21ClN4O2. The van der Waals surface area contributed by atoms with Gasteiger partial charge in [-0.05, 0) is 12.1 Å². The summed E-state index contributed by atoms with van der Waals surface area (Å²) in [6, 6.07) is 9.37. The molecule has 2 heterocycles. The zero-order chi connectivity index (χ0) is 17.6. The number of carbonyl (C=O) groups excluding carboxylic acids is 1. The van der Waals surface area contributed by atoms with Crippen LogP contribution in [0, 0.1) is 11.8 Å². The van der Waals surface area contributed by atoms with Crippen LogP contribution in [0.5, 0.6) is 0 Å². The number of fused-ring (bicyclic) bond motifs is 2. The molecule has 1 aromatic carbocycles. The van der Waals surface area contributed by atoms with Gasteiger partial charge in [0.05, 0.1) is 28.7 Å². The van der Waals surface area contributed by atoms with Gasteiger partial charge in [0.1, 0.15) is 0 Å². The molecular weight excluding hydrogens is 340 g/mol. The molecule has 4 N–H and O–H groups in total. The van der Waals surface area contributed by atoms with Crippen LogP contribution < -0.4 is 11.1 Å². The SMILES string of the molecule is NC1N(CCO)CC2C(CNC(=O)c3cccc4cccnc34)C21Cl. The largest absolute Gasteiger partial charge is 0.395 e. The number of hydrogen-bond donors (Lipinski definition) is 3. The van der Waals surface area contributed by atoms with E-state index in [4.69, 9.17) is 22.4 Å². The number of pyridine rings is 1. The van der Waals surface area contributed by atoms with Crippen molar-refractivity contribution < 1.29 is 9.90 Å². The van der Waals surface area contributed by atoms with Crippen molar-refractivity contribution in [2.24, 2.45) is 17.6 Å². The fraction of sp³-hybridized carbons (Fsp3) is 0.444. The molecule has 1 aliphatic carbocycles. The molecule has 1 saturated heterocycles. The Hall–Kier alpha value is -1.73. The average Bonchev–Trinajstić information content (AvgIpc) is 3.12. The van der Waals surface area contributed by atoms with Gasteiger partial charge in [-0.25, -0.2) is 0 Å². The van der Waals surface area contributed by atoms with Gasteiger partial charge in [0.25, 0.3) is 5.91 Å². The first-order chi connectivity index (χ1) is 12.1. The van der Waals surface area contributed by atoms with Crippen molar-refractivity contribution in [2.45, 2.75) is 11.0 Å². The van der Waals surface area contributed by atoms with Crippen molar-refractivity contribution in [3.8, 4) is 0 Å². The lowest BCUT2D eigenvalue weighted by molar-refractivity contribution is 0.0948. The first kappa shape index (κ1) is 16.7. The van der Waals surface area contributed by atoms with Gasteiger partial charge in [-0.1, -0.05) is 18.2 Å². The maximum atomic E-state index is 12.6. The Labute approximate surface area is 151 Å². The Morgan fingerprint density at radius 1 is 1.44 bits per heavy atom. The monoisotopic (exact) mass is 360 g/mol. The van der Waals surface area contributed by atoms with Gasteiger partial charge in [0, 0.05) is 43.1 Å². The Bertz CT molecular complexity index is 811. The van der Waals surface area contributed by atoms with Crippen LogP contribution in [0.4, 0.5) is 0 Å². The van der Waals surface area contributed by atoms with Crippen LogP contribution in [-0.2, 0) is 0 Å². The van der Waals surface area contributed by atoms with E-state index in [0.29, 0.717) is 24.2 Å². The molecule has 0 spiro atoms. The highest BCUT2D eigenvalue weighted by molar-refractivity contribution is 6.27. The zero-order valence-corrected chi connectivity index (χ0v) is 14.5. The molecule has 2 fully saturated rings. The van der Waals surface area contributed by atoms with Crippen LogP contribution in [0.15, 0.2) is 36.5 Å². The van der Waals surface area contributed by atoms with Crippen LogP contribution in [0.1, 0.15) is 10.4 Å². The Morgan fingerprint density at radius 3 is 2.96 bits per heavy atom. The van der Waals surface area contributed by atoms with Gasteiger partial charge >= 0.3 is 0 Å². The third-order valence-electron chi connectivity index (χ3n) is 5.54. The van der Waals surface area contributed by atoms with Gasteiger partial charge in [0.15, 0.2) is 0 Å². The predicted octanol–water partition coefficient (Wildman–Crippen LogP) is 0.781. The summed E-state index contributed by atoms with van der Waals surface area (Å²) < 4.78 is 0. The highest BCUT2D eigenvalue weighted by Crippen LogP contribution is 2.62. The molecule has 1 aliphatic heterocycles. The van der Waals surface area contributed by atoms with Crippen molar-refractivity contribution >= 4 is 28.4 Å². The van der Waals surface area contributed by atoms with Crippen LogP contribution in [-0.4, -0.2) is 58.2 Å². The minimum absolute atomic E-state index is 0.0723. The normalized spacial score (nSPS) is 31.1. The Morgan fingerprint density at radius 2 is 2.24 bits per heavy atom. The number of rotatable bonds is 5. The van der Waals surface area contributed by atoms with E-state index in [1.807, 2.05) is 29.2 Å². The first-order valence-corrected chi connectivity index (χ1v) is 8.86. The molecule has 4 atom stereocenters. The number of hydrogen-bond acceptors (Lipinski definition) is 5. The van der Waals surface area contributed by atoms with Crippen molar-refractivity contribution in [2.75, 3.05) is 26.2 Å². The van der Waals surface area contributed by atoms with E-state index in [2.05, 4.69) is 10.3 Å². The number of aromatic nitrogens is 1. The topological polar surface area (TPSA) is 91.5 Å². The summed E-state index contributed by atoms with van der Waals surface area (Å²) in [7, 11) is 0. The summed E-state index contributed by atoms with van der Waals surface area (Å²) in [6.45, 7) is 1.87.